The number of aromatic nitrogens is 3. The lowest BCUT2D eigenvalue weighted by molar-refractivity contribution is 0.0685. The maximum absolute atomic E-state index is 11.8. The number of rotatable bonds is 4. The molecule has 1 aromatic carbocycles. The van der Waals surface area contributed by atoms with Crippen LogP contribution in [0.5, 0.6) is 0 Å². The van der Waals surface area contributed by atoms with Gasteiger partial charge < -0.3 is 9.67 Å². The van der Waals surface area contributed by atoms with Gasteiger partial charge in [-0.15, -0.1) is 0 Å². The van der Waals surface area contributed by atoms with E-state index < -0.39 is 5.97 Å². The SMILES string of the molecule is Cc1ccc(C)c(Cn2c(-c3ccncc3)nc(C)c2C(=O)O)c1. The summed E-state index contributed by atoms with van der Waals surface area (Å²) in [6.45, 7) is 6.26. The molecule has 2 heterocycles. The molecule has 0 spiro atoms. The van der Waals surface area contributed by atoms with Gasteiger partial charge in [0.25, 0.3) is 0 Å². The molecule has 0 atom stereocenters. The van der Waals surface area contributed by atoms with Crippen molar-refractivity contribution in [2.75, 3.05) is 0 Å². The van der Waals surface area contributed by atoms with Gasteiger partial charge in [-0.25, -0.2) is 9.78 Å². The number of hydrogen-bond donors (Lipinski definition) is 1. The zero-order valence-corrected chi connectivity index (χ0v) is 13.9. The molecular formula is C19H19N3O2. The van der Waals surface area contributed by atoms with Crippen LogP contribution in [0, 0.1) is 20.8 Å². The number of nitrogens with zero attached hydrogens (tertiary/aromatic N) is 3. The Hall–Kier alpha value is -2.95. The third-order valence-electron chi connectivity index (χ3n) is 4.12. The molecule has 0 aliphatic rings. The van der Waals surface area contributed by atoms with Gasteiger partial charge in [0.05, 0.1) is 12.2 Å². The van der Waals surface area contributed by atoms with Crippen LogP contribution in [0.15, 0.2) is 42.7 Å². The van der Waals surface area contributed by atoms with Crippen molar-refractivity contribution >= 4 is 5.97 Å². The molecule has 122 valence electrons. The minimum absolute atomic E-state index is 0.225. The molecule has 0 unspecified atom stereocenters. The number of carbonyl (C=O) groups is 1. The molecule has 5 heteroatoms. The molecule has 0 saturated carbocycles. The summed E-state index contributed by atoms with van der Waals surface area (Å²) >= 11 is 0. The molecule has 0 amide bonds. The van der Waals surface area contributed by atoms with Gasteiger partial charge in [0.15, 0.2) is 5.69 Å². The summed E-state index contributed by atoms with van der Waals surface area (Å²) in [6, 6.07) is 9.88. The Morgan fingerprint density at radius 3 is 2.50 bits per heavy atom. The highest BCUT2D eigenvalue weighted by Gasteiger charge is 2.21. The molecule has 0 bridgehead atoms. The first-order chi connectivity index (χ1) is 11.5. The predicted molar refractivity (Wildman–Crippen MR) is 92.2 cm³/mol. The molecule has 24 heavy (non-hydrogen) atoms. The average Bonchev–Trinajstić information content (AvgIpc) is 2.88. The van der Waals surface area contributed by atoms with Crippen molar-refractivity contribution in [3.05, 3.63) is 70.8 Å². The fraction of sp³-hybridized carbons (Fsp3) is 0.211. The van der Waals surface area contributed by atoms with Crippen LogP contribution in [0.4, 0.5) is 0 Å². The standard InChI is InChI=1S/C19H19N3O2/c1-12-4-5-13(2)16(10-12)11-22-17(19(23)24)14(3)21-18(22)15-6-8-20-9-7-15/h4-10H,11H2,1-3H3,(H,23,24). The smallest absolute Gasteiger partial charge is 0.354 e. The third kappa shape index (κ3) is 2.93. The summed E-state index contributed by atoms with van der Waals surface area (Å²) in [6.07, 6.45) is 3.37. The van der Waals surface area contributed by atoms with Crippen molar-refractivity contribution in [1.29, 1.82) is 0 Å². The average molecular weight is 321 g/mol. The Morgan fingerprint density at radius 1 is 1.12 bits per heavy atom. The molecule has 5 nitrogen and oxygen atoms in total. The normalized spacial score (nSPS) is 10.8. The van der Waals surface area contributed by atoms with E-state index in [0.717, 1.165) is 22.3 Å². The Labute approximate surface area is 140 Å². The lowest BCUT2D eigenvalue weighted by atomic mass is 10.1. The van der Waals surface area contributed by atoms with Gasteiger partial charge in [-0.2, -0.15) is 0 Å². The highest BCUT2D eigenvalue weighted by molar-refractivity contribution is 5.88. The van der Waals surface area contributed by atoms with Gasteiger partial charge in [-0.05, 0) is 44.0 Å². The summed E-state index contributed by atoms with van der Waals surface area (Å²) in [5.41, 5.74) is 4.96. The van der Waals surface area contributed by atoms with E-state index in [-0.39, 0.29) is 5.69 Å². The Balaban J connectivity index is 2.18. The van der Waals surface area contributed by atoms with E-state index in [0.29, 0.717) is 18.1 Å². The maximum atomic E-state index is 11.8. The van der Waals surface area contributed by atoms with Crippen molar-refractivity contribution < 1.29 is 9.90 Å². The van der Waals surface area contributed by atoms with E-state index in [1.807, 2.05) is 26.0 Å². The predicted octanol–water partition coefficient (Wildman–Crippen LogP) is 3.62. The van der Waals surface area contributed by atoms with Crippen molar-refractivity contribution in [2.24, 2.45) is 0 Å². The van der Waals surface area contributed by atoms with Gasteiger partial charge in [0.1, 0.15) is 5.82 Å². The van der Waals surface area contributed by atoms with Crippen LogP contribution in [0.2, 0.25) is 0 Å². The molecule has 3 rings (SSSR count). The van der Waals surface area contributed by atoms with Gasteiger partial charge in [-0.1, -0.05) is 23.8 Å². The molecule has 0 radical (unpaired) electrons. The summed E-state index contributed by atoms with van der Waals surface area (Å²) in [5, 5.41) is 9.64. The van der Waals surface area contributed by atoms with Crippen LogP contribution in [-0.4, -0.2) is 25.6 Å². The lowest BCUT2D eigenvalue weighted by Gasteiger charge is -2.13. The second-order valence-electron chi connectivity index (χ2n) is 5.93. The summed E-state index contributed by atoms with van der Waals surface area (Å²) < 4.78 is 1.77. The van der Waals surface area contributed by atoms with E-state index >= 15 is 0 Å². The van der Waals surface area contributed by atoms with Crippen molar-refractivity contribution in [1.82, 2.24) is 14.5 Å². The van der Waals surface area contributed by atoms with Crippen LogP contribution in [0.1, 0.15) is 32.9 Å². The van der Waals surface area contributed by atoms with Crippen LogP contribution in [0.3, 0.4) is 0 Å². The molecular weight excluding hydrogens is 302 g/mol. The first-order valence-electron chi connectivity index (χ1n) is 7.74. The number of pyridine rings is 1. The largest absolute Gasteiger partial charge is 0.477 e. The summed E-state index contributed by atoms with van der Waals surface area (Å²) in [4.78, 5) is 20.3. The van der Waals surface area contributed by atoms with Gasteiger partial charge in [0, 0.05) is 18.0 Å². The molecule has 3 aromatic rings. The fourth-order valence-corrected chi connectivity index (χ4v) is 2.86. The zero-order chi connectivity index (χ0) is 17.3. The zero-order valence-electron chi connectivity index (χ0n) is 13.9. The van der Waals surface area contributed by atoms with Crippen molar-refractivity contribution in [3.8, 4) is 11.4 Å². The summed E-state index contributed by atoms with van der Waals surface area (Å²) in [7, 11) is 0. The van der Waals surface area contributed by atoms with E-state index in [1.54, 1.807) is 23.9 Å². The number of imidazole rings is 1. The van der Waals surface area contributed by atoms with Gasteiger partial charge in [0.2, 0.25) is 0 Å². The van der Waals surface area contributed by atoms with E-state index in [9.17, 15) is 9.90 Å². The minimum atomic E-state index is -0.967. The topological polar surface area (TPSA) is 68.0 Å². The number of carboxylic acid groups (broad SMARTS) is 1. The highest BCUT2D eigenvalue weighted by atomic mass is 16.4. The van der Waals surface area contributed by atoms with Crippen LogP contribution in [-0.2, 0) is 6.54 Å². The number of hydrogen-bond acceptors (Lipinski definition) is 3. The third-order valence-corrected chi connectivity index (χ3v) is 4.12. The van der Waals surface area contributed by atoms with E-state index in [4.69, 9.17) is 0 Å². The monoisotopic (exact) mass is 321 g/mol. The van der Waals surface area contributed by atoms with Gasteiger partial charge in [-0.3, -0.25) is 4.98 Å². The number of aryl methyl sites for hydroxylation is 3. The number of carboxylic acids is 1. The van der Waals surface area contributed by atoms with Gasteiger partial charge >= 0.3 is 5.97 Å². The van der Waals surface area contributed by atoms with Crippen LogP contribution < -0.4 is 0 Å². The van der Waals surface area contributed by atoms with Crippen molar-refractivity contribution in [2.45, 2.75) is 27.3 Å². The number of aromatic carboxylic acids is 1. The fourth-order valence-electron chi connectivity index (χ4n) is 2.86. The molecule has 2 aromatic heterocycles. The maximum Gasteiger partial charge on any atom is 0.354 e. The molecule has 0 aliphatic carbocycles. The second-order valence-corrected chi connectivity index (χ2v) is 5.93. The number of benzene rings is 1. The highest BCUT2D eigenvalue weighted by Crippen LogP contribution is 2.24. The second kappa shape index (κ2) is 6.28. The molecule has 0 aliphatic heterocycles. The van der Waals surface area contributed by atoms with E-state index in [2.05, 4.69) is 28.2 Å². The summed E-state index contributed by atoms with van der Waals surface area (Å²) in [5.74, 6) is -0.321. The molecule has 0 fully saturated rings. The first-order valence-corrected chi connectivity index (χ1v) is 7.74. The molecule has 1 N–H and O–H groups in total. The first kappa shape index (κ1) is 15.9. The van der Waals surface area contributed by atoms with E-state index in [1.165, 1.54) is 0 Å². The van der Waals surface area contributed by atoms with Crippen molar-refractivity contribution in [3.63, 3.8) is 0 Å². The Morgan fingerprint density at radius 2 is 1.83 bits per heavy atom. The molecule has 0 saturated heterocycles. The lowest BCUT2D eigenvalue weighted by Crippen LogP contribution is -2.12. The minimum Gasteiger partial charge on any atom is -0.477 e. The quantitative estimate of drug-likeness (QED) is 0.797. The Bertz CT molecular complexity index is 898. The Kier molecular flexibility index (Phi) is 4.16. The van der Waals surface area contributed by atoms with Crippen LogP contribution >= 0.6 is 0 Å². The van der Waals surface area contributed by atoms with Crippen LogP contribution in [0.25, 0.3) is 11.4 Å².